The van der Waals surface area contributed by atoms with Gasteiger partial charge in [-0.2, -0.15) is 0 Å². The molecule has 0 N–H and O–H groups in total. The maximum atomic E-state index is 5.66. The largest absolute Gasteiger partial charge is 0.0847 e. The highest BCUT2D eigenvalue weighted by atomic mass is 35.5. The average Bonchev–Trinajstić information content (AvgIpc) is 1.94. The quantitative estimate of drug-likeness (QED) is 0.468. The summed E-state index contributed by atoms with van der Waals surface area (Å²) in [6, 6.07) is 0. The van der Waals surface area contributed by atoms with Crippen LogP contribution in [0, 0.1) is 0 Å². The van der Waals surface area contributed by atoms with Crippen molar-refractivity contribution in [3.63, 3.8) is 0 Å². The van der Waals surface area contributed by atoms with E-state index < -0.39 is 0 Å². The second-order valence-corrected chi connectivity index (χ2v) is 2.05. The smallest absolute Gasteiger partial charge is 0.0369 e. The van der Waals surface area contributed by atoms with Crippen LogP contribution in [0.3, 0.4) is 0 Å². The summed E-state index contributed by atoms with van der Waals surface area (Å²) < 4.78 is 0. The van der Waals surface area contributed by atoms with Gasteiger partial charge < -0.3 is 0 Å². The van der Waals surface area contributed by atoms with Crippen molar-refractivity contribution >= 4 is 11.6 Å². The number of hydrogen-bond acceptors (Lipinski definition) is 0. The van der Waals surface area contributed by atoms with E-state index in [-0.39, 0.29) is 0 Å². The molecule has 0 aromatic heterocycles. The molecule has 42 valence electrons. The van der Waals surface area contributed by atoms with Crippen molar-refractivity contribution in [3.8, 4) is 0 Å². The van der Waals surface area contributed by atoms with Gasteiger partial charge in [-0.3, -0.25) is 0 Å². The molecule has 1 rings (SSSR count). The molecule has 0 aromatic rings. The van der Waals surface area contributed by atoms with Crippen LogP contribution >= 0.6 is 11.6 Å². The third-order valence-electron chi connectivity index (χ3n) is 0.952. The van der Waals surface area contributed by atoms with Crippen molar-refractivity contribution in [1.82, 2.24) is 0 Å². The summed E-state index contributed by atoms with van der Waals surface area (Å²) in [6.07, 6.45) is 10.8. The second kappa shape index (κ2) is 2.73. The lowest BCUT2D eigenvalue weighted by molar-refractivity contribution is 1.40. The molecule has 0 aliphatic heterocycles. The predicted molar refractivity (Wildman–Crippen MR) is 36.8 cm³/mol. The number of halogens is 1. The normalized spacial score (nSPS) is 17.9. The topological polar surface area (TPSA) is 0 Å². The molecule has 1 heteroatoms. The van der Waals surface area contributed by atoms with E-state index in [4.69, 9.17) is 11.6 Å². The van der Waals surface area contributed by atoms with Crippen LogP contribution in [-0.4, -0.2) is 0 Å². The summed E-state index contributed by atoms with van der Waals surface area (Å²) in [5.41, 5.74) is 0. The monoisotopic (exact) mass is 126 g/mol. The Morgan fingerprint density at radius 2 is 2.25 bits per heavy atom. The molecule has 0 spiro atoms. The van der Waals surface area contributed by atoms with Crippen LogP contribution in [0.5, 0.6) is 0 Å². The molecule has 0 aromatic carbocycles. The van der Waals surface area contributed by atoms with Gasteiger partial charge in [-0.1, -0.05) is 35.9 Å². The van der Waals surface area contributed by atoms with Gasteiger partial charge in [0.25, 0.3) is 0 Å². The van der Waals surface area contributed by atoms with Gasteiger partial charge in [0.05, 0.1) is 0 Å². The van der Waals surface area contributed by atoms with Crippen molar-refractivity contribution in [2.24, 2.45) is 0 Å². The zero-order valence-electron chi connectivity index (χ0n) is 4.47. The summed E-state index contributed by atoms with van der Waals surface area (Å²) >= 11 is 5.66. The maximum Gasteiger partial charge on any atom is 0.0369 e. The van der Waals surface area contributed by atoms with Crippen molar-refractivity contribution in [1.29, 1.82) is 0 Å². The van der Waals surface area contributed by atoms with E-state index in [1.807, 2.05) is 24.3 Å². The van der Waals surface area contributed by atoms with E-state index in [9.17, 15) is 0 Å². The highest BCUT2D eigenvalue weighted by Gasteiger charge is 1.83. The van der Waals surface area contributed by atoms with Crippen LogP contribution in [0.2, 0.25) is 0 Å². The van der Waals surface area contributed by atoms with Crippen LogP contribution in [0.25, 0.3) is 0 Å². The molecule has 8 heavy (non-hydrogen) atoms. The minimum absolute atomic E-state index is 0.829. The molecular weight excluding hydrogens is 120 g/mol. The van der Waals surface area contributed by atoms with Crippen LogP contribution in [0.15, 0.2) is 35.4 Å². The molecule has 0 radical (unpaired) electrons. The zero-order valence-corrected chi connectivity index (χ0v) is 5.23. The molecule has 0 saturated heterocycles. The van der Waals surface area contributed by atoms with Crippen LogP contribution in [0.1, 0.15) is 6.42 Å². The summed E-state index contributed by atoms with van der Waals surface area (Å²) in [4.78, 5) is 0. The van der Waals surface area contributed by atoms with Gasteiger partial charge in [-0.15, -0.1) is 0 Å². The predicted octanol–water partition coefficient (Wildman–Crippen LogP) is 2.63. The molecule has 0 amide bonds. The first kappa shape index (κ1) is 5.64. The van der Waals surface area contributed by atoms with E-state index >= 15 is 0 Å². The Morgan fingerprint density at radius 1 is 1.38 bits per heavy atom. The molecule has 0 heterocycles. The third kappa shape index (κ3) is 1.55. The van der Waals surface area contributed by atoms with Gasteiger partial charge in [-0.05, 0) is 12.5 Å². The lowest BCUT2D eigenvalue weighted by Gasteiger charge is -1.79. The van der Waals surface area contributed by atoms with Gasteiger partial charge >= 0.3 is 0 Å². The van der Waals surface area contributed by atoms with Crippen molar-refractivity contribution < 1.29 is 0 Å². The van der Waals surface area contributed by atoms with E-state index in [2.05, 4.69) is 6.08 Å². The lowest BCUT2D eigenvalue weighted by atomic mass is 10.4. The van der Waals surface area contributed by atoms with Crippen molar-refractivity contribution in [2.75, 3.05) is 0 Å². The van der Waals surface area contributed by atoms with Crippen molar-refractivity contribution in [2.45, 2.75) is 6.42 Å². The molecule has 0 fully saturated rings. The van der Waals surface area contributed by atoms with E-state index in [0.29, 0.717) is 0 Å². The highest BCUT2D eigenvalue weighted by molar-refractivity contribution is 6.31. The minimum atomic E-state index is 0.829. The highest BCUT2D eigenvalue weighted by Crippen LogP contribution is 2.07. The number of rotatable bonds is 0. The van der Waals surface area contributed by atoms with Gasteiger partial charge in [0.2, 0.25) is 0 Å². The summed E-state index contributed by atoms with van der Waals surface area (Å²) in [5.74, 6) is 0. The lowest BCUT2D eigenvalue weighted by Crippen LogP contribution is -1.57. The summed E-state index contributed by atoms with van der Waals surface area (Å²) in [6.45, 7) is 0. The van der Waals surface area contributed by atoms with Crippen LogP contribution in [-0.2, 0) is 0 Å². The molecule has 0 saturated carbocycles. The van der Waals surface area contributed by atoms with Gasteiger partial charge in [0.15, 0.2) is 0 Å². The molecule has 1 aliphatic rings. The first-order chi connectivity index (χ1) is 3.89. The summed E-state index contributed by atoms with van der Waals surface area (Å²) in [7, 11) is 0. The Bertz CT molecular complexity index is 149. The van der Waals surface area contributed by atoms with E-state index in [1.165, 1.54) is 0 Å². The fourth-order valence-corrected chi connectivity index (χ4v) is 0.715. The maximum absolute atomic E-state index is 5.66. The fourth-order valence-electron chi connectivity index (χ4n) is 0.553. The molecule has 0 atom stereocenters. The average molecular weight is 127 g/mol. The molecule has 0 unspecified atom stereocenters. The standard InChI is InChI=1S/C7H7Cl/c8-7-5-3-1-2-4-6-7/h1-3,5-6H,4H2. The van der Waals surface area contributed by atoms with E-state index in [1.54, 1.807) is 0 Å². The van der Waals surface area contributed by atoms with Gasteiger partial charge in [-0.25, -0.2) is 0 Å². The third-order valence-corrected chi connectivity index (χ3v) is 1.23. The molecule has 1 aliphatic carbocycles. The Hall–Kier alpha value is -0.490. The van der Waals surface area contributed by atoms with Crippen molar-refractivity contribution in [3.05, 3.63) is 35.4 Å². The Labute approximate surface area is 54.2 Å². The molecule has 0 bridgehead atoms. The SMILES string of the molecule is ClC1=CCC=CC=C1. The molecular formula is C7H7Cl. The Kier molecular flexibility index (Phi) is 1.93. The van der Waals surface area contributed by atoms with Gasteiger partial charge in [0.1, 0.15) is 0 Å². The van der Waals surface area contributed by atoms with Crippen LogP contribution in [0.4, 0.5) is 0 Å². The second-order valence-electron chi connectivity index (χ2n) is 1.61. The molecule has 0 nitrogen and oxygen atoms in total. The fraction of sp³-hybridized carbons (Fsp3) is 0.143. The number of hydrogen-bond donors (Lipinski definition) is 0. The first-order valence-electron chi connectivity index (χ1n) is 2.58. The summed E-state index contributed by atoms with van der Waals surface area (Å²) in [5, 5.41) is 0.829. The van der Waals surface area contributed by atoms with Crippen LogP contribution < -0.4 is 0 Å². The Morgan fingerprint density at radius 3 is 3.12 bits per heavy atom. The van der Waals surface area contributed by atoms with Gasteiger partial charge in [0, 0.05) is 5.03 Å². The van der Waals surface area contributed by atoms with E-state index in [0.717, 1.165) is 11.5 Å². The minimum Gasteiger partial charge on any atom is -0.0847 e. The Balaban J connectivity index is 2.69. The first-order valence-corrected chi connectivity index (χ1v) is 2.96. The zero-order chi connectivity index (χ0) is 5.82. The number of allylic oxidation sites excluding steroid dienone is 6.